The molecule has 22 heavy (non-hydrogen) atoms. The smallest absolute Gasteiger partial charge is 0.234 e. The summed E-state index contributed by atoms with van der Waals surface area (Å²) in [5.41, 5.74) is 2.07. The molecule has 0 saturated heterocycles. The second kappa shape index (κ2) is 6.54. The van der Waals surface area contributed by atoms with Crippen molar-refractivity contribution in [2.75, 3.05) is 7.11 Å². The van der Waals surface area contributed by atoms with Gasteiger partial charge < -0.3 is 4.74 Å². The highest BCUT2D eigenvalue weighted by atomic mass is 32.1. The lowest BCUT2D eigenvalue weighted by Crippen LogP contribution is -2.04. The van der Waals surface area contributed by atoms with Crippen molar-refractivity contribution in [3.8, 4) is 5.13 Å². The van der Waals surface area contributed by atoms with Gasteiger partial charge in [0.2, 0.25) is 5.13 Å². The third kappa shape index (κ3) is 2.92. The maximum absolute atomic E-state index is 11.2. The zero-order valence-corrected chi connectivity index (χ0v) is 12.7. The van der Waals surface area contributed by atoms with E-state index in [1.807, 2.05) is 30.3 Å². The van der Waals surface area contributed by atoms with Gasteiger partial charge in [0, 0.05) is 13.5 Å². The van der Waals surface area contributed by atoms with E-state index in [0.29, 0.717) is 35.8 Å². The van der Waals surface area contributed by atoms with Crippen LogP contribution in [-0.2, 0) is 17.8 Å². The molecular weight excluding hydrogens is 302 g/mol. The molecule has 0 spiro atoms. The summed E-state index contributed by atoms with van der Waals surface area (Å²) < 4.78 is 6.60. The Bertz CT molecular complexity index is 769. The monoisotopic (exact) mass is 315 g/mol. The number of carbonyl (C=O) groups is 1. The van der Waals surface area contributed by atoms with Gasteiger partial charge in [0.05, 0.1) is 5.69 Å². The maximum atomic E-state index is 11.2. The van der Waals surface area contributed by atoms with E-state index in [0.717, 1.165) is 10.6 Å². The van der Waals surface area contributed by atoms with Crippen molar-refractivity contribution in [1.82, 2.24) is 25.2 Å². The summed E-state index contributed by atoms with van der Waals surface area (Å²) in [6, 6.07) is 9.82. The number of methoxy groups -OCH3 is 1. The van der Waals surface area contributed by atoms with Crippen LogP contribution in [0.2, 0.25) is 0 Å². The van der Waals surface area contributed by atoms with E-state index in [2.05, 4.69) is 20.5 Å². The van der Waals surface area contributed by atoms with Crippen LogP contribution in [0.5, 0.6) is 0 Å². The molecule has 0 bridgehead atoms. The van der Waals surface area contributed by atoms with Gasteiger partial charge in [-0.25, -0.2) is 0 Å². The number of ether oxygens (including phenoxy) is 1. The number of aldehydes is 1. The van der Waals surface area contributed by atoms with Gasteiger partial charge in [-0.05, 0) is 5.56 Å². The van der Waals surface area contributed by atoms with Crippen LogP contribution in [-0.4, -0.2) is 38.6 Å². The highest BCUT2D eigenvalue weighted by Crippen LogP contribution is 2.19. The Labute approximate surface area is 130 Å². The maximum Gasteiger partial charge on any atom is 0.234 e. The molecule has 0 N–H and O–H groups in total. The van der Waals surface area contributed by atoms with Crippen molar-refractivity contribution < 1.29 is 9.53 Å². The second-order valence-corrected chi connectivity index (χ2v) is 5.57. The summed E-state index contributed by atoms with van der Waals surface area (Å²) >= 11 is 1.36. The first-order chi connectivity index (χ1) is 10.8. The van der Waals surface area contributed by atoms with Crippen LogP contribution >= 0.6 is 11.3 Å². The Morgan fingerprint density at radius 1 is 1.23 bits per heavy atom. The van der Waals surface area contributed by atoms with E-state index in [-0.39, 0.29) is 0 Å². The number of carbonyl (C=O) groups excluding carboxylic acids is 1. The van der Waals surface area contributed by atoms with Crippen LogP contribution in [0.3, 0.4) is 0 Å². The molecule has 8 heteroatoms. The number of hydrogen-bond donors (Lipinski definition) is 0. The minimum absolute atomic E-state index is 0.312. The number of rotatable bonds is 6. The van der Waals surface area contributed by atoms with Gasteiger partial charge in [0.25, 0.3) is 0 Å². The SMILES string of the molecule is COCc1nnc(-n2nnc(C=O)c2Cc2ccccc2)s1. The van der Waals surface area contributed by atoms with Crippen LogP contribution < -0.4 is 0 Å². The van der Waals surface area contributed by atoms with Gasteiger partial charge in [-0.15, -0.1) is 15.3 Å². The minimum atomic E-state index is 0.312. The molecule has 0 amide bonds. The Balaban J connectivity index is 1.97. The molecule has 2 heterocycles. The molecule has 3 aromatic rings. The predicted molar refractivity (Wildman–Crippen MR) is 80.2 cm³/mol. The van der Waals surface area contributed by atoms with Gasteiger partial charge in [0.15, 0.2) is 6.29 Å². The summed E-state index contributed by atoms with van der Waals surface area (Å²) in [6.45, 7) is 0.390. The van der Waals surface area contributed by atoms with E-state index < -0.39 is 0 Å². The van der Waals surface area contributed by atoms with Gasteiger partial charge in [-0.1, -0.05) is 46.9 Å². The fraction of sp³-hybridized carbons (Fsp3) is 0.214. The quantitative estimate of drug-likeness (QED) is 0.643. The highest BCUT2D eigenvalue weighted by Gasteiger charge is 2.17. The summed E-state index contributed by atoms with van der Waals surface area (Å²) in [4.78, 5) is 11.2. The lowest BCUT2D eigenvalue weighted by atomic mass is 10.1. The lowest BCUT2D eigenvalue weighted by Gasteiger charge is -2.03. The zero-order valence-electron chi connectivity index (χ0n) is 11.8. The molecule has 2 aromatic heterocycles. The Kier molecular flexibility index (Phi) is 4.31. The Morgan fingerprint density at radius 3 is 2.77 bits per heavy atom. The van der Waals surface area contributed by atoms with E-state index in [4.69, 9.17) is 4.74 Å². The molecule has 1 aromatic carbocycles. The number of nitrogens with zero attached hydrogens (tertiary/aromatic N) is 5. The van der Waals surface area contributed by atoms with Crippen LogP contribution in [0.1, 0.15) is 26.8 Å². The van der Waals surface area contributed by atoms with E-state index in [1.54, 1.807) is 11.8 Å². The standard InChI is InChI=1S/C14H13N5O2S/c1-21-9-13-16-17-14(22-13)19-12(11(8-20)15-18-19)7-10-5-3-2-4-6-10/h2-6,8H,7,9H2,1H3. The van der Waals surface area contributed by atoms with Gasteiger partial charge in [-0.3, -0.25) is 4.79 Å². The van der Waals surface area contributed by atoms with E-state index in [1.165, 1.54) is 11.3 Å². The fourth-order valence-corrected chi connectivity index (χ4v) is 2.81. The number of benzene rings is 1. The first-order valence-electron chi connectivity index (χ1n) is 6.57. The average molecular weight is 315 g/mol. The van der Waals surface area contributed by atoms with Crippen molar-refractivity contribution in [3.05, 3.63) is 52.3 Å². The second-order valence-electron chi connectivity index (χ2n) is 4.52. The minimum Gasteiger partial charge on any atom is -0.377 e. The van der Waals surface area contributed by atoms with E-state index in [9.17, 15) is 4.79 Å². The normalized spacial score (nSPS) is 10.8. The van der Waals surface area contributed by atoms with E-state index >= 15 is 0 Å². The van der Waals surface area contributed by atoms with Crippen molar-refractivity contribution in [3.63, 3.8) is 0 Å². The first kappa shape index (κ1) is 14.5. The first-order valence-corrected chi connectivity index (χ1v) is 7.39. The van der Waals surface area contributed by atoms with Gasteiger partial charge in [-0.2, -0.15) is 4.68 Å². The van der Waals surface area contributed by atoms with Crippen molar-refractivity contribution >= 4 is 17.6 Å². The molecule has 0 atom stereocenters. The number of aromatic nitrogens is 5. The molecule has 0 aliphatic rings. The number of hydrogen-bond acceptors (Lipinski definition) is 7. The molecule has 0 aliphatic carbocycles. The van der Waals surface area contributed by atoms with Crippen LogP contribution in [0.15, 0.2) is 30.3 Å². The summed E-state index contributed by atoms with van der Waals surface area (Å²) in [7, 11) is 1.60. The van der Waals surface area contributed by atoms with Crippen LogP contribution in [0.4, 0.5) is 0 Å². The third-order valence-corrected chi connectivity index (χ3v) is 3.90. The van der Waals surface area contributed by atoms with Crippen LogP contribution in [0, 0.1) is 0 Å². The predicted octanol–water partition coefficient (Wildman–Crippen LogP) is 1.67. The molecule has 3 rings (SSSR count). The van der Waals surface area contributed by atoms with Gasteiger partial charge >= 0.3 is 0 Å². The van der Waals surface area contributed by atoms with Crippen molar-refractivity contribution in [2.45, 2.75) is 13.0 Å². The summed E-state index contributed by atoms with van der Waals surface area (Å²) in [6.07, 6.45) is 1.25. The largest absolute Gasteiger partial charge is 0.377 e. The zero-order chi connectivity index (χ0) is 15.4. The molecule has 0 aliphatic heterocycles. The van der Waals surface area contributed by atoms with Crippen molar-refractivity contribution in [2.24, 2.45) is 0 Å². The average Bonchev–Trinajstić information content (AvgIpc) is 3.15. The van der Waals surface area contributed by atoms with Crippen molar-refractivity contribution in [1.29, 1.82) is 0 Å². The molecule has 112 valence electrons. The summed E-state index contributed by atoms with van der Waals surface area (Å²) in [5.74, 6) is 0. The Morgan fingerprint density at radius 2 is 2.05 bits per heavy atom. The molecule has 0 saturated carbocycles. The summed E-state index contributed by atoms with van der Waals surface area (Å²) in [5, 5.41) is 17.4. The third-order valence-electron chi connectivity index (χ3n) is 3.02. The lowest BCUT2D eigenvalue weighted by molar-refractivity contribution is 0.111. The Hall–Kier alpha value is -2.45. The molecule has 7 nitrogen and oxygen atoms in total. The molecule has 0 fully saturated rings. The topological polar surface area (TPSA) is 82.8 Å². The molecule has 0 radical (unpaired) electrons. The molecule has 0 unspecified atom stereocenters. The van der Waals surface area contributed by atoms with Gasteiger partial charge in [0.1, 0.15) is 17.3 Å². The molecular formula is C14H13N5O2S. The fourth-order valence-electron chi connectivity index (χ4n) is 2.03. The van der Waals surface area contributed by atoms with Crippen LogP contribution in [0.25, 0.3) is 5.13 Å². The highest BCUT2D eigenvalue weighted by molar-refractivity contribution is 7.13.